The van der Waals surface area contributed by atoms with E-state index in [2.05, 4.69) is 0 Å². The Morgan fingerprint density at radius 3 is 2.39 bits per heavy atom. The van der Waals surface area contributed by atoms with Gasteiger partial charge in [-0.1, -0.05) is 12.1 Å². The minimum Gasteiger partial charge on any atom is -0.493 e. The molecule has 0 saturated heterocycles. The molecule has 4 nitrogen and oxygen atoms in total. The highest BCUT2D eigenvalue weighted by atomic mass is 19.4. The molecule has 1 aliphatic rings. The predicted molar refractivity (Wildman–Crippen MR) is 99.1 cm³/mol. The van der Waals surface area contributed by atoms with Gasteiger partial charge in [0.1, 0.15) is 0 Å². The summed E-state index contributed by atoms with van der Waals surface area (Å²) in [5.74, 6) is 0.985. The zero-order valence-electron chi connectivity index (χ0n) is 15.5. The summed E-state index contributed by atoms with van der Waals surface area (Å²) in [5, 5.41) is 0. The summed E-state index contributed by atoms with van der Waals surface area (Å²) in [7, 11) is 3.12. The van der Waals surface area contributed by atoms with E-state index in [1.54, 1.807) is 19.1 Å². The average Bonchev–Trinajstić information content (AvgIpc) is 2.70. The molecule has 0 spiro atoms. The van der Waals surface area contributed by atoms with Gasteiger partial charge < -0.3 is 14.4 Å². The lowest BCUT2D eigenvalue weighted by molar-refractivity contribution is -0.137. The van der Waals surface area contributed by atoms with Crippen LogP contribution in [0.25, 0.3) is 6.08 Å². The van der Waals surface area contributed by atoms with E-state index in [0.29, 0.717) is 36.6 Å². The molecule has 0 N–H and O–H groups in total. The van der Waals surface area contributed by atoms with E-state index >= 15 is 0 Å². The maximum Gasteiger partial charge on any atom is 0.416 e. The van der Waals surface area contributed by atoms with Crippen LogP contribution in [0, 0.1) is 0 Å². The van der Waals surface area contributed by atoms with Gasteiger partial charge >= 0.3 is 6.18 Å². The number of hydrogen-bond donors (Lipinski definition) is 0. The first kappa shape index (κ1) is 19.8. The molecule has 0 unspecified atom stereocenters. The van der Waals surface area contributed by atoms with E-state index in [0.717, 1.165) is 23.3 Å². The number of benzene rings is 2. The summed E-state index contributed by atoms with van der Waals surface area (Å²) in [6, 6.07) is 8.64. The Morgan fingerprint density at radius 2 is 1.75 bits per heavy atom. The molecule has 28 heavy (non-hydrogen) atoms. The molecule has 2 aromatic carbocycles. The molecular formula is C21H20F3NO3. The third kappa shape index (κ3) is 4.30. The van der Waals surface area contributed by atoms with E-state index < -0.39 is 11.7 Å². The van der Waals surface area contributed by atoms with Crippen molar-refractivity contribution in [2.45, 2.75) is 19.1 Å². The highest BCUT2D eigenvalue weighted by molar-refractivity contribution is 5.92. The Morgan fingerprint density at radius 1 is 1.07 bits per heavy atom. The first-order valence-electron chi connectivity index (χ1n) is 8.70. The summed E-state index contributed by atoms with van der Waals surface area (Å²) in [5.41, 5.74) is 1.63. The Balaban J connectivity index is 1.74. The number of methoxy groups -OCH3 is 2. The molecule has 0 bridgehead atoms. The van der Waals surface area contributed by atoms with Crippen molar-refractivity contribution in [1.82, 2.24) is 4.90 Å². The fraction of sp³-hybridized carbons (Fsp3) is 0.286. The molecule has 2 aromatic rings. The normalized spacial score (nSPS) is 14.1. The number of ether oxygens (including phenoxy) is 2. The minimum atomic E-state index is -4.41. The van der Waals surface area contributed by atoms with E-state index in [1.807, 2.05) is 12.1 Å². The Kier molecular flexibility index (Phi) is 5.63. The molecular weight excluding hydrogens is 371 g/mol. The van der Waals surface area contributed by atoms with Gasteiger partial charge in [0, 0.05) is 19.2 Å². The van der Waals surface area contributed by atoms with E-state index in [4.69, 9.17) is 9.47 Å². The van der Waals surface area contributed by atoms with Gasteiger partial charge in [0.25, 0.3) is 0 Å². The first-order valence-corrected chi connectivity index (χ1v) is 8.70. The molecule has 0 aromatic heterocycles. The smallest absolute Gasteiger partial charge is 0.416 e. The third-order valence-electron chi connectivity index (χ3n) is 4.66. The lowest BCUT2D eigenvalue weighted by Crippen LogP contribution is -2.34. The van der Waals surface area contributed by atoms with Crippen LogP contribution >= 0.6 is 0 Å². The van der Waals surface area contributed by atoms with Gasteiger partial charge in [-0.05, 0) is 53.5 Å². The Hall–Kier alpha value is -2.96. The molecule has 0 aliphatic carbocycles. The van der Waals surface area contributed by atoms with Crippen LogP contribution in [-0.2, 0) is 23.9 Å². The van der Waals surface area contributed by atoms with Gasteiger partial charge in [-0.15, -0.1) is 0 Å². The second kappa shape index (κ2) is 7.96. The van der Waals surface area contributed by atoms with Gasteiger partial charge in [-0.2, -0.15) is 13.2 Å². The predicted octanol–water partition coefficient (Wildman–Crippen LogP) is 4.32. The number of carbonyl (C=O) groups excluding carboxylic acids is 1. The lowest BCUT2D eigenvalue weighted by atomic mass is 9.98. The first-order chi connectivity index (χ1) is 13.3. The van der Waals surface area contributed by atoms with Crippen molar-refractivity contribution in [1.29, 1.82) is 0 Å². The van der Waals surface area contributed by atoms with Gasteiger partial charge in [0.2, 0.25) is 5.91 Å². The van der Waals surface area contributed by atoms with Gasteiger partial charge in [-0.25, -0.2) is 0 Å². The van der Waals surface area contributed by atoms with Gasteiger partial charge in [0.05, 0.1) is 19.8 Å². The lowest BCUT2D eigenvalue weighted by Gasteiger charge is -2.28. The van der Waals surface area contributed by atoms with Crippen molar-refractivity contribution in [3.63, 3.8) is 0 Å². The van der Waals surface area contributed by atoms with Crippen LogP contribution in [-0.4, -0.2) is 31.6 Å². The summed E-state index contributed by atoms with van der Waals surface area (Å²) in [6.45, 7) is 0.926. The van der Waals surface area contributed by atoms with Crippen molar-refractivity contribution in [3.05, 3.63) is 64.7 Å². The number of fused-ring (bicyclic) bond motifs is 1. The van der Waals surface area contributed by atoms with Crippen molar-refractivity contribution >= 4 is 12.0 Å². The maximum absolute atomic E-state index is 12.8. The molecule has 0 saturated carbocycles. The monoisotopic (exact) mass is 391 g/mol. The second-order valence-electron chi connectivity index (χ2n) is 6.44. The number of carbonyl (C=O) groups is 1. The number of hydrogen-bond acceptors (Lipinski definition) is 3. The quantitative estimate of drug-likeness (QED) is 0.729. The van der Waals surface area contributed by atoms with Crippen molar-refractivity contribution in [3.8, 4) is 11.5 Å². The van der Waals surface area contributed by atoms with Crippen LogP contribution in [0.15, 0.2) is 42.5 Å². The molecule has 148 valence electrons. The summed E-state index contributed by atoms with van der Waals surface area (Å²) < 4.78 is 49.0. The minimum absolute atomic E-state index is 0.252. The van der Waals surface area contributed by atoms with Crippen molar-refractivity contribution in [2.24, 2.45) is 0 Å². The van der Waals surface area contributed by atoms with Gasteiger partial charge in [0.15, 0.2) is 11.5 Å². The number of nitrogens with zero attached hydrogens (tertiary/aromatic N) is 1. The van der Waals surface area contributed by atoms with Crippen LogP contribution < -0.4 is 9.47 Å². The second-order valence-corrected chi connectivity index (χ2v) is 6.44. The standard InChI is InChI=1S/C21H20F3NO3/c1-27-18-11-15-8-9-25(13-16(15)12-19(18)28-2)20(26)7-6-14-4-3-5-17(10-14)21(22,23)24/h3-7,10-12H,8-9,13H2,1-2H3/b7-6+. The summed E-state index contributed by atoms with van der Waals surface area (Å²) in [4.78, 5) is 14.2. The maximum atomic E-state index is 12.8. The fourth-order valence-electron chi connectivity index (χ4n) is 3.16. The zero-order chi connectivity index (χ0) is 20.3. The highest BCUT2D eigenvalue weighted by Gasteiger charge is 2.30. The largest absolute Gasteiger partial charge is 0.493 e. The zero-order valence-corrected chi connectivity index (χ0v) is 15.5. The molecule has 3 rings (SSSR count). The van der Waals surface area contributed by atoms with Crippen molar-refractivity contribution in [2.75, 3.05) is 20.8 Å². The molecule has 1 aliphatic heterocycles. The van der Waals surface area contributed by atoms with E-state index in [1.165, 1.54) is 24.3 Å². The van der Waals surface area contributed by atoms with Crippen LogP contribution in [0.5, 0.6) is 11.5 Å². The number of rotatable bonds is 4. The van der Waals surface area contributed by atoms with E-state index in [-0.39, 0.29) is 5.91 Å². The van der Waals surface area contributed by atoms with Crippen LogP contribution in [0.3, 0.4) is 0 Å². The van der Waals surface area contributed by atoms with Crippen LogP contribution in [0.1, 0.15) is 22.3 Å². The number of alkyl halides is 3. The average molecular weight is 391 g/mol. The molecule has 1 heterocycles. The van der Waals surface area contributed by atoms with Crippen LogP contribution in [0.2, 0.25) is 0 Å². The third-order valence-corrected chi connectivity index (χ3v) is 4.66. The topological polar surface area (TPSA) is 38.8 Å². The van der Waals surface area contributed by atoms with E-state index in [9.17, 15) is 18.0 Å². The molecule has 7 heteroatoms. The number of amides is 1. The molecule has 0 radical (unpaired) electrons. The summed E-state index contributed by atoms with van der Waals surface area (Å²) in [6.07, 6.45) is -1.04. The van der Waals surface area contributed by atoms with Crippen molar-refractivity contribution < 1.29 is 27.4 Å². The van der Waals surface area contributed by atoms with Crippen LogP contribution in [0.4, 0.5) is 13.2 Å². The summed E-state index contributed by atoms with van der Waals surface area (Å²) >= 11 is 0. The number of halogens is 3. The Labute approximate surface area is 161 Å². The molecule has 0 atom stereocenters. The van der Waals surface area contributed by atoms with Gasteiger partial charge in [-0.3, -0.25) is 4.79 Å². The highest BCUT2D eigenvalue weighted by Crippen LogP contribution is 2.33. The molecule has 1 amide bonds. The SMILES string of the molecule is COc1cc2c(cc1OC)CN(C(=O)/C=C/c1cccc(C(F)(F)F)c1)CC2. The Bertz CT molecular complexity index is 906. The molecule has 0 fully saturated rings. The fourth-order valence-corrected chi connectivity index (χ4v) is 3.16.